The van der Waals surface area contributed by atoms with Gasteiger partial charge in [-0.15, -0.1) is 0 Å². The molecule has 0 heterocycles. The molecule has 0 radical (unpaired) electrons. The molecule has 2 atom stereocenters. The molecule has 0 bridgehead atoms. The number of hydrogen-bond donors (Lipinski definition) is 0. The van der Waals surface area contributed by atoms with Crippen LogP contribution in [0, 0.1) is 11.6 Å². The first kappa shape index (κ1) is 13.7. The average molecular weight is 376 g/mol. The highest BCUT2D eigenvalue weighted by Gasteiger charge is 2.19. The molecule has 2 aromatic rings. The lowest BCUT2D eigenvalue weighted by molar-refractivity contribution is 0.625. The van der Waals surface area contributed by atoms with Crippen molar-refractivity contribution in [1.82, 2.24) is 0 Å². The zero-order chi connectivity index (χ0) is 13.1. The van der Waals surface area contributed by atoms with E-state index in [0.29, 0.717) is 0 Å². The summed E-state index contributed by atoms with van der Waals surface area (Å²) in [5.41, 5.74) is 1.92. The minimum atomic E-state index is -0.258. The molecule has 2 aromatic carbocycles. The molecule has 0 N–H and O–H groups in total. The van der Waals surface area contributed by atoms with Crippen LogP contribution >= 0.6 is 31.9 Å². The summed E-state index contributed by atoms with van der Waals surface area (Å²) in [6.45, 7) is 0. The van der Waals surface area contributed by atoms with Crippen LogP contribution in [0.3, 0.4) is 0 Å². The van der Waals surface area contributed by atoms with Gasteiger partial charge in [0.25, 0.3) is 0 Å². The Morgan fingerprint density at radius 1 is 0.611 bits per heavy atom. The second-order valence-electron chi connectivity index (χ2n) is 3.91. The van der Waals surface area contributed by atoms with E-state index in [0.717, 1.165) is 11.1 Å². The van der Waals surface area contributed by atoms with Crippen molar-refractivity contribution in [1.29, 1.82) is 0 Å². The molecule has 94 valence electrons. The van der Waals surface area contributed by atoms with Gasteiger partial charge in [-0.05, 0) is 35.4 Å². The van der Waals surface area contributed by atoms with Gasteiger partial charge in [0, 0.05) is 0 Å². The van der Waals surface area contributed by atoms with Gasteiger partial charge in [-0.2, -0.15) is 0 Å². The molecule has 0 aliphatic heterocycles. The van der Waals surface area contributed by atoms with E-state index in [1.54, 1.807) is 24.3 Å². The predicted molar refractivity (Wildman–Crippen MR) is 76.1 cm³/mol. The van der Waals surface area contributed by atoms with Gasteiger partial charge in [0.2, 0.25) is 0 Å². The summed E-state index contributed by atoms with van der Waals surface area (Å²) in [7, 11) is 0. The molecule has 0 amide bonds. The topological polar surface area (TPSA) is 0 Å². The van der Waals surface area contributed by atoms with Crippen molar-refractivity contribution >= 4 is 31.9 Å². The van der Waals surface area contributed by atoms with Gasteiger partial charge in [-0.25, -0.2) is 8.78 Å². The maximum absolute atomic E-state index is 12.8. The van der Waals surface area contributed by atoms with Crippen LogP contribution in [-0.4, -0.2) is 0 Å². The lowest BCUT2D eigenvalue weighted by Crippen LogP contribution is -1.99. The SMILES string of the molecule is Fc1ccc([C@@H](Br)[C@H](Br)c2ccc(F)cc2)cc1. The van der Waals surface area contributed by atoms with Crippen molar-refractivity contribution in [2.45, 2.75) is 9.65 Å². The Balaban J connectivity index is 2.20. The Morgan fingerprint density at radius 3 is 1.17 bits per heavy atom. The van der Waals surface area contributed by atoms with Gasteiger partial charge >= 0.3 is 0 Å². The second kappa shape index (κ2) is 5.93. The van der Waals surface area contributed by atoms with E-state index in [4.69, 9.17) is 0 Å². The molecule has 0 nitrogen and oxygen atoms in total. The molecule has 0 spiro atoms. The van der Waals surface area contributed by atoms with E-state index in [1.807, 2.05) is 0 Å². The third kappa shape index (κ3) is 3.18. The monoisotopic (exact) mass is 374 g/mol. The minimum Gasteiger partial charge on any atom is -0.207 e. The largest absolute Gasteiger partial charge is 0.207 e. The van der Waals surface area contributed by atoms with Crippen LogP contribution in [0.1, 0.15) is 20.8 Å². The highest BCUT2D eigenvalue weighted by molar-refractivity contribution is 9.12. The Labute approximate surface area is 121 Å². The molecule has 0 aliphatic rings. The fourth-order valence-corrected chi connectivity index (χ4v) is 2.85. The standard InChI is InChI=1S/C14H10Br2F2/c15-13(9-1-5-11(17)6-2-9)14(16)10-3-7-12(18)8-4-10/h1-8,13-14H/t13-,14-/m1/s1. The van der Waals surface area contributed by atoms with Crippen LogP contribution in [0.5, 0.6) is 0 Å². The fourth-order valence-electron chi connectivity index (χ4n) is 1.63. The molecule has 0 aliphatic carbocycles. The van der Waals surface area contributed by atoms with E-state index in [1.165, 1.54) is 24.3 Å². The van der Waals surface area contributed by atoms with Crippen molar-refractivity contribution in [2.75, 3.05) is 0 Å². The molecule has 18 heavy (non-hydrogen) atoms. The lowest BCUT2D eigenvalue weighted by atomic mass is 10.0. The van der Waals surface area contributed by atoms with Gasteiger partial charge < -0.3 is 0 Å². The highest BCUT2D eigenvalue weighted by atomic mass is 79.9. The Hall–Kier alpha value is -0.740. The maximum atomic E-state index is 12.8. The minimum absolute atomic E-state index is 0.0106. The van der Waals surface area contributed by atoms with E-state index in [2.05, 4.69) is 31.9 Å². The van der Waals surface area contributed by atoms with Crippen LogP contribution in [-0.2, 0) is 0 Å². The molecule has 0 saturated carbocycles. The molecule has 0 saturated heterocycles. The fraction of sp³-hybridized carbons (Fsp3) is 0.143. The smallest absolute Gasteiger partial charge is 0.123 e. The van der Waals surface area contributed by atoms with Crippen LogP contribution in [0.2, 0.25) is 0 Å². The summed E-state index contributed by atoms with van der Waals surface area (Å²) in [4.78, 5) is -0.0212. The highest BCUT2D eigenvalue weighted by Crippen LogP contribution is 2.42. The molecule has 0 fully saturated rings. The summed E-state index contributed by atoms with van der Waals surface area (Å²) >= 11 is 7.14. The van der Waals surface area contributed by atoms with Crippen LogP contribution < -0.4 is 0 Å². The molecular weight excluding hydrogens is 366 g/mol. The molecule has 4 heteroatoms. The molecular formula is C14H10Br2F2. The van der Waals surface area contributed by atoms with Crippen molar-refractivity contribution in [3.63, 3.8) is 0 Å². The first-order chi connectivity index (χ1) is 8.58. The van der Waals surface area contributed by atoms with Crippen LogP contribution in [0.15, 0.2) is 48.5 Å². The number of halogens is 4. The summed E-state index contributed by atoms with van der Waals surface area (Å²) in [5, 5.41) is 0. The summed E-state index contributed by atoms with van der Waals surface area (Å²) < 4.78 is 25.7. The molecule has 0 unspecified atom stereocenters. The van der Waals surface area contributed by atoms with E-state index in [9.17, 15) is 8.78 Å². The Kier molecular flexibility index (Phi) is 4.51. The Bertz CT molecular complexity index is 459. The van der Waals surface area contributed by atoms with Crippen molar-refractivity contribution in [2.24, 2.45) is 0 Å². The number of rotatable bonds is 3. The second-order valence-corrected chi connectivity index (χ2v) is 5.88. The zero-order valence-corrected chi connectivity index (χ0v) is 12.5. The van der Waals surface area contributed by atoms with Gasteiger partial charge in [0.05, 0.1) is 9.65 Å². The molecule has 0 aromatic heterocycles. The van der Waals surface area contributed by atoms with Gasteiger partial charge in [-0.3, -0.25) is 0 Å². The van der Waals surface area contributed by atoms with E-state index in [-0.39, 0.29) is 21.3 Å². The first-order valence-corrected chi connectivity index (χ1v) is 7.20. The van der Waals surface area contributed by atoms with Crippen molar-refractivity contribution < 1.29 is 8.78 Å². The molecule has 2 rings (SSSR count). The van der Waals surface area contributed by atoms with Crippen LogP contribution in [0.4, 0.5) is 8.78 Å². The number of benzene rings is 2. The van der Waals surface area contributed by atoms with Crippen molar-refractivity contribution in [3.05, 3.63) is 71.3 Å². The normalized spacial score (nSPS) is 14.2. The summed E-state index contributed by atoms with van der Waals surface area (Å²) in [5.74, 6) is -0.516. The number of alkyl halides is 2. The third-order valence-corrected chi connectivity index (χ3v) is 5.46. The van der Waals surface area contributed by atoms with E-state index >= 15 is 0 Å². The Morgan fingerprint density at radius 2 is 0.889 bits per heavy atom. The summed E-state index contributed by atoms with van der Waals surface area (Å²) in [6, 6.07) is 12.6. The number of hydrogen-bond acceptors (Lipinski definition) is 0. The van der Waals surface area contributed by atoms with Crippen LogP contribution in [0.25, 0.3) is 0 Å². The van der Waals surface area contributed by atoms with Gasteiger partial charge in [-0.1, -0.05) is 56.1 Å². The lowest BCUT2D eigenvalue weighted by Gasteiger charge is -2.17. The quantitative estimate of drug-likeness (QED) is 0.618. The van der Waals surface area contributed by atoms with Crippen molar-refractivity contribution in [3.8, 4) is 0 Å². The van der Waals surface area contributed by atoms with E-state index < -0.39 is 0 Å². The third-order valence-electron chi connectivity index (χ3n) is 2.63. The summed E-state index contributed by atoms with van der Waals surface area (Å²) in [6.07, 6.45) is 0. The maximum Gasteiger partial charge on any atom is 0.123 e. The first-order valence-electron chi connectivity index (χ1n) is 5.37. The average Bonchev–Trinajstić information content (AvgIpc) is 2.39. The van der Waals surface area contributed by atoms with Gasteiger partial charge in [0.1, 0.15) is 11.6 Å². The van der Waals surface area contributed by atoms with Gasteiger partial charge in [0.15, 0.2) is 0 Å². The zero-order valence-electron chi connectivity index (χ0n) is 9.29. The predicted octanol–water partition coefficient (Wildman–Crippen LogP) is 5.54.